The third kappa shape index (κ3) is 3.63. The Bertz CT molecular complexity index is 839. The highest BCUT2D eigenvalue weighted by molar-refractivity contribution is 5.96. The number of fused-ring (bicyclic) bond motifs is 1. The number of amides is 2. The first-order valence-corrected chi connectivity index (χ1v) is 9.21. The van der Waals surface area contributed by atoms with Crippen LogP contribution >= 0.6 is 0 Å². The number of nitrogens with zero attached hydrogens (tertiary/aromatic N) is 2. The van der Waals surface area contributed by atoms with Crippen LogP contribution in [0.5, 0.6) is 11.5 Å². The van der Waals surface area contributed by atoms with Crippen LogP contribution in [-0.2, 0) is 11.2 Å². The number of carbonyl (C=O) groups is 2. The highest BCUT2D eigenvalue weighted by atomic mass is 16.6. The minimum absolute atomic E-state index is 0.0257. The van der Waals surface area contributed by atoms with Crippen LogP contribution in [0.15, 0.2) is 30.6 Å². The Hall–Kier alpha value is -2.96. The molecule has 2 aliphatic rings. The lowest BCUT2D eigenvalue weighted by molar-refractivity contribution is -0.131. The summed E-state index contributed by atoms with van der Waals surface area (Å²) in [6, 6.07) is 5.54. The van der Waals surface area contributed by atoms with E-state index in [-0.39, 0.29) is 11.8 Å². The first-order chi connectivity index (χ1) is 13.1. The maximum atomic E-state index is 13.0. The van der Waals surface area contributed by atoms with Crippen molar-refractivity contribution in [2.24, 2.45) is 0 Å². The molecular formula is C20H23N3O4. The Morgan fingerprint density at radius 3 is 2.37 bits per heavy atom. The molecule has 2 aliphatic heterocycles. The molecule has 1 aromatic carbocycles. The van der Waals surface area contributed by atoms with Gasteiger partial charge >= 0.3 is 0 Å². The van der Waals surface area contributed by atoms with Gasteiger partial charge in [-0.15, -0.1) is 0 Å². The predicted octanol–water partition coefficient (Wildman–Crippen LogP) is 1.62. The Labute approximate surface area is 157 Å². The topological polar surface area (TPSA) is 74.9 Å². The number of piperazine rings is 1. The molecule has 7 nitrogen and oxygen atoms in total. The van der Waals surface area contributed by atoms with Gasteiger partial charge in [-0.1, -0.05) is 0 Å². The van der Waals surface area contributed by atoms with E-state index in [0.29, 0.717) is 62.9 Å². The maximum Gasteiger partial charge on any atom is 0.254 e. The Morgan fingerprint density at radius 1 is 1.04 bits per heavy atom. The third-order valence-electron chi connectivity index (χ3n) is 5.06. The molecule has 142 valence electrons. The molecule has 1 aromatic heterocycles. The van der Waals surface area contributed by atoms with Crippen LogP contribution in [0.4, 0.5) is 0 Å². The average molecular weight is 369 g/mol. The van der Waals surface area contributed by atoms with Gasteiger partial charge in [0.15, 0.2) is 11.5 Å². The fourth-order valence-electron chi connectivity index (χ4n) is 3.50. The van der Waals surface area contributed by atoms with Crippen LogP contribution in [0.3, 0.4) is 0 Å². The zero-order valence-corrected chi connectivity index (χ0v) is 15.4. The van der Waals surface area contributed by atoms with Gasteiger partial charge in [0.25, 0.3) is 5.91 Å². The number of ether oxygens (including phenoxy) is 2. The predicted molar refractivity (Wildman–Crippen MR) is 99.1 cm³/mol. The van der Waals surface area contributed by atoms with Gasteiger partial charge in [0.2, 0.25) is 5.91 Å². The van der Waals surface area contributed by atoms with E-state index in [1.165, 1.54) is 0 Å². The molecule has 0 bridgehead atoms. The number of H-pyrrole nitrogens is 1. The molecule has 1 N–H and O–H groups in total. The second-order valence-electron chi connectivity index (χ2n) is 6.88. The summed E-state index contributed by atoms with van der Waals surface area (Å²) in [5, 5.41) is 0. The van der Waals surface area contributed by atoms with E-state index in [4.69, 9.17) is 9.47 Å². The Balaban J connectivity index is 1.39. The van der Waals surface area contributed by atoms with Gasteiger partial charge in [-0.2, -0.15) is 0 Å². The van der Waals surface area contributed by atoms with Gasteiger partial charge in [0.1, 0.15) is 13.2 Å². The Morgan fingerprint density at radius 2 is 1.70 bits per heavy atom. The molecule has 0 unspecified atom stereocenters. The Kier molecular flexibility index (Phi) is 4.75. The molecule has 3 heterocycles. The second kappa shape index (κ2) is 7.34. The summed E-state index contributed by atoms with van der Waals surface area (Å²) >= 11 is 0. The minimum atomic E-state index is -0.0257. The van der Waals surface area contributed by atoms with E-state index in [2.05, 4.69) is 4.98 Å². The largest absolute Gasteiger partial charge is 0.486 e. The molecule has 1 fully saturated rings. The fraction of sp³-hybridized carbons (Fsp3) is 0.400. The summed E-state index contributed by atoms with van der Waals surface area (Å²) in [4.78, 5) is 32.0. The van der Waals surface area contributed by atoms with Gasteiger partial charge in [-0.3, -0.25) is 9.59 Å². The number of carbonyl (C=O) groups excluding carboxylic acids is 2. The molecule has 27 heavy (non-hydrogen) atoms. The van der Waals surface area contributed by atoms with Crippen molar-refractivity contribution in [1.29, 1.82) is 0 Å². The third-order valence-corrected chi connectivity index (χ3v) is 5.06. The van der Waals surface area contributed by atoms with Crippen molar-refractivity contribution in [3.63, 3.8) is 0 Å². The van der Waals surface area contributed by atoms with Crippen LogP contribution in [0, 0.1) is 6.92 Å². The van der Waals surface area contributed by atoms with E-state index in [1.54, 1.807) is 11.0 Å². The lowest BCUT2D eigenvalue weighted by Crippen LogP contribution is -2.51. The molecule has 7 heteroatoms. The molecule has 0 spiro atoms. The number of benzene rings is 1. The number of hydrogen-bond acceptors (Lipinski definition) is 4. The molecular weight excluding hydrogens is 346 g/mol. The van der Waals surface area contributed by atoms with Crippen LogP contribution < -0.4 is 9.47 Å². The monoisotopic (exact) mass is 369 g/mol. The summed E-state index contributed by atoms with van der Waals surface area (Å²) in [6.07, 6.45) is 4.04. The highest BCUT2D eigenvalue weighted by Gasteiger charge is 2.27. The van der Waals surface area contributed by atoms with Crippen LogP contribution in [0.25, 0.3) is 0 Å². The summed E-state index contributed by atoms with van der Waals surface area (Å²) < 4.78 is 11.2. The van der Waals surface area contributed by atoms with Crippen LogP contribution in [0.1, 0.15) is 21.5 Å². The molecule has 4 rings (SSSR count). The van der Waals surface area contributed by atoms with Crippen LogP contribution in [-0.4, -0.2) is 66.0 Å². The summed E-state index contributed by atoms with van der Waals surface area (Å²) in [5.41, 5.74) is 2.48. The van der Waals surface area contributed by atoms with Gasteiger partial charge in [-0.25, -0.2) is 0 Å². The number of aryl methyl sites for hydroxylation is 1. The molecule has 2 aromatic rings. The van der Waals surface area contributed by atoms with Crippen LogP contribution in [0.2, 0.25) is 0 Å². The highest BCUT2D eigenvalue weighted by Crippen LogP contribution is 2.33. The summed E-state index contributed by atoms with van der Waals surface area (Å²) in [5.74, 6) is 1.38. The zero-order chi connectivity index (χ0) is 18.8. The van der Waals surface area contributed by atoms with Crippen molar-refractivity contribution in [2.45, 2.75) is 13.3 Å². The molecule has 2 amide bonds. The normalized spacial score (nSPS) is 16.3. The lowest BCUT2D eigenvalue weighted by atomic mass is 10.1. The maximum absolute atomic E-state index is 13.0. The second-order valence-corrected chi connectivity index (χ2v) is 6.88. The SMILES string of the molecule is Cc1cc2c(cc1C(=O)N1CCN(C(=O)Cc3cc[nH]c3)CC1)OCCO2. The van der Waals surface area contributed by atoms with E-state index < -0.39 is 0 Å². The first kappa shape index (κ1) is 17.5. The molecule has 0 saturated carbocycles. The van der Waals surface area contributed by atoms with Gasteiger partial charge in [0.05, 0.1) is 6.42 Å². The lowest BCUT2D eigenvalue weighted by Gasteiger charge is -2.35. The van der Waals surface area contributed by atoms with Crippen molar-refractivity contribution in [3.8, 4) is 11.5 Å². The average Bonchev–Trinajstić information content (AvgIpc) is 3.20. The van der Waals surface area contributed by atoms with Crippen molar-refractivity contribution < 1.29 is 19.1 Å². The van der Waals surface area contributed by atoms with Gasteiger partial charge in [0, 0.05) is 44.1 Å². The van der Waals surface area contributed by atoms with Crippen molar-refractivity contribution in [2.75, 3.05) is 39.4 Å². The quantitative estimate of drug-likeness (QED) is 0.892. The van der Waals surface area contributed by atoms with Gasteiger partial charge in [-0.05, 0) is 36.2 Å². The zero-order valence-electron chi connectivity index (χ0n) is 15.4. The van der Waals surface area contributed by atoms with E-state index in [1.807, 2.05) is 36.4 Å². The number of hydrogen-bond donors (Lipinski definition) is 1. The number of rotatable bonds is 3. The number of aromatic amines is 1. The summed E-state index contributed by atoms with van der Waals surface area (Å²) in [7, 11) is 0. The van der Waals surface area contributed by atoms with E-state index in [9.17, 15) is 9.59 Å². The van der Waals surface area contributed by atoms with Crippen molar-refractivity contribution >= 4 is 11.8 Å². The smallest absolute Gasteiger partial charge is 0.254 e. The number of aromatic nitrogens is 1. The molecule has 1 saturated heterocycles. The number of nitrogens with one attached hydrogen (secondary N) is 1. The van der Waals surface area contributed by atoms with Crippen molar-refractivity contribution in [1.82, 2.24) is 14.8 Å². The van der Waals surface area contributed by atoms with E-state index >= 15 is 0 Å². The van der Waals surface area contributed by atoms with Gasteiger partial charge < -0.3 is 24.3 Å². The molecule has 0 radical (unpaired) electrons. The standard InChI is InChI=1S/C20H23N3O4/c1-14-10-17-18(27-9-8-26-17)12-16(14)20(25)23-6-4-22(5-7-23)19(24)11-15-2-3-21-13-15/h2-3,10,12-13,21H,4-9,11H2,1H3. The molecule has 0 aliphatic carbocycles. The fourth-order valence-corrected chi connectivity index (χ4v) is 3.50. The summed E-state index contributed by atoms with van der Waals surface area (Å²) in [6.45, 7) is 5.10. The van der Waals surface area contributed by atoms with E-state index in [0.717, 1.165) is 11.1 Å². The van der Waals surface area contributed by atoms with Crippen molar-refractivity contribution in [3.05, 3.63) is 47.3 Å². The first-order valence-electron chi connectivity index (χ1n) is 9.21. The molecule has 0 atom stereocenters. The minimum Gasteiger partial charge on any atom is -0.486 e.